The molecule has 0 atom stereocenters. The molecule has 0 radical (unpaired) electrons. The third-order valence-corrected chi connectivity index (χ3v) is 4.68. The summed E-state index contributed by atoms with van der Waals surface area (Å²) >= 11 is 0. The average molecular weight is 482 g/mol. The van der Waals surface area contributed by atoms with E-state index in [1.807, 2.05) is 4.98 Å². The maximum Gasteiger partial charge on any atom is 0.342 e. The molecule has 9 nitrogen and oxygen atoms in total. The van der Waals surface area contributed by atoms with Crippen molar-refractivity contribution in [1.29, 1.82) is 0 Å². The van der Waals surface area contributed by atoms with Crippen LogP contribution < -0.4 is 20.8 Å². The molecular formula is C21H14F4N2O7. The van der Waals surface area contributed by atoms with E-state index in [0.29, 0.717) is 0 Å². The number of nitrogens with two attached hydrogens (primary N) is 1. The zero-order chi connectivity index (χ0) is 25.3. The van der Waals surface area contributed by atoms with Gasteiger partial charge in [0.05, 0.1) is 7.11 Å². The van der Waals surface area contributed by atoms with E-state index in [-0.39, 0.29) is 22.9 Å². The lowest BCUT2D eigenvalue weighted by Gasteiger charge is -2.16. The number of aromatic nitrogens is 1. The van der Waals surface area contributed by atoms with Crippen molar-refractivity contribution < 1.29 is 46.8 Å². The summed E-state index contributed by atoms with van der Waals surface area (Å²) in [5.41, 5.74) is 1.99. The molecule has 5 N–H and O–H groups in total. The van der Waals surface area contributed by atoms with Gasteiger partial charge < -0.3 is 30.4 Å². The number of rotatable bonds is 7. The van der Waals surface area contributed by atoms with Crippen molar-refractivity contribution in [2.24, 2.45) is 0 Å². The number of benzene rings is 2. The largest absolute Gasteiger partial charge is 0.496 e. The summed E-state index contributed by atoms with van der Waals surface area (Å²) in [6, 6.07) is 3.54. The lowest BCUT2D eigenvalue weighted by molar-refractivity contribution is 0.0695. The third kappa shape index (κ3) is 4.22. The van der Waals surface area contributed by atoms with Crippen LogP contribution >= 0.6 is 0 Å². The number of nitrogens with one attached hydrogen (secondary N) is 1. The lowest BCUT2D eigenvalue weighted by Crippen LogP contribution is -2.24. The van der Waals surface area contributed by atoms with Crippen molar-refractivity contribution in [3.8, 4) is 22.6 Å². The predicted molar refractivity (Wildman–Crippen MR) is 108 cm³/mol. The van der Waals surface area contributed by atoms with Crippen molar-refractivity contribution >= 4 is 17.8 Å². The van der Waals surface area contributed by atoms with Crippen LogP contribution in [0.15, 0.2) is 29.1 Å². The molecule has 0 saturated heterocycles. The van der Waals surface area contributed by atoms with Gasteiger partial charge in [-0.05, 0) is 17.7 Å². The SMILES string of the molecule is COc1ccc(-c2c(C(=O)O)c(N)[nH]c(=O)c2C(=O)O)cc1COc1c(F)c(F)cc(F)c1F. The van der Waals surface area contributed by atoms with E-state index >= 15 is 0 Å². The molecule has 0 bridgehead atoms. The van der Waals surface area contributed by atoms with Crippen LogP contribution in [0.1, 0.15) is 26.3 Å². The summed E-state index contributed by atoms with van der Waals surface area (Å²) in [6.07, 6.45) is 0. The first-order chi connectivity index (χ1) is 16.0. The number of halogens is 4. The molecule has 0 amide bonds. The predicted octanol–water partition coefficient (Wildman–Crippen LogP) is 3.16. The number of anilines is 1. The van der Waals surface area contributed by atoms with Crippen molar-refractivity contribution in [2.75, 3.05) is 12.8 Å². The van der Waals surface area contributed by atoms with E-state index in [4.69, 9.17) is 15.2 Å². The molecule has 178 valence electrons. The van der Waals surface area contributed by atoms with Gasteiger partial charge in [-0.25, -0.2) is 18.4 Å². The Morgan fingerprint density at radius 3 is 2.12 bits per heavy atom. The molecule has 0 spiro atoms. The molecule has 0 aliphatic heterocycles. The summed E-state index contributed by atoms with van der Waals surface area (Å²) in [6.45, 7) is -0.753. The zero-order valence-corrected chi connectivity index (χ0v) is 17.0. The minimum Gasteiger partial charge on any atom is -0.496 e. The molecule has 0 aliphatic carbocycles. The second-order valence-corrected chi connectivity index (χ2v) is 6.72. The van der Waals surface area contributed by atoms with Gasteiger partial charge in [-0.15, -0.1) is 0 Å². The summed E-state index contributed by atoms with van der Waals surface area (Å²) < 4.78 is 64.8. The van der Waals surface area contributed by atoms with E-state index in [2.05, 4.69) is 0 Å². The Labute approximate surface area is 187 Å². The van der Waals surface area contributed by atoms with Crippen molar-refractivity contribution in [2.45, 2.75) is 6.61 Å². The third-order valence-electron chi connectivity index (χ3n) is 4.68. The number of ether oxygens (including phenoxy) is 2. The van der Waals surface area contributed by atoms with E-state index in [1.54, 1.807) is 0 Å². The molecule has 3 aromatic rings. The van der Waals surface area contributed by atoms with Gasteiger partial charge in [0.1, 0.15) is 29.3 Å². The van der Waals surface area contributed by atoms with Gasteiger partial charge in [0.2, 0.25) is 11.6 Å². The van der Waals surface area contributed by atoms with Crippen LogP contribution in [0.2, 0.25) is 0 Å². The number of pyridine rings is 1. The van der Waals surface area contributed by atoms with Crippen molar-refractivity contribution in [1.82, 2.24) is 4.98 Å². The number of nitrogen functional groups attached to an aromatic ring is 1. The Morgan fingerprint density at radius 2 is 1.59 bits per heavy atom. The minimum absolute atomic E-state index is 0.00305. The number of aromatic amines is 1. The highest BCUT2D eigenvalue weighted by Crippen LogP contribution is 2.34. The number of H-pyrrole nitrogens is 1. The molecule has 1 heterocycles. The first-order valence-electron chi connectivity index (χ1n) is 9.13. The Kier molecular flexibility index (Phi) is 6.47. The van der Waals surface area contributed by atoms with Crippen LogP contribution in [0.5, 0.6) is 11.5 Å². The van der Waals surface area contributed by atoms with E-state index in [0.717, 1.165) is 6.07 Å². The number of carboxylic acid groups (broad SMARTS) is 2. The maximum atomic E-state index is 13.9. The standard InChI is InChI=1S/C21H14F4N2O7/c1-33-11-3-2-7(12-13(20(29)30)18(26)27-19(28)14(12)21(31)32)4-8(11)6-34-17-15(24)9(22)5-10(23)16(17)25/h2-5H,6H2,1H3,(H,29,30)(H,31,32)(H3,26,27,28). The molecule has 34 heavy (non-hydrogen) atoms. The Morgan fingerprint density at radius 1 is 1.00 bits per heavy atom. The smallest absolute Gasteiger partial charge is 0.342 e. The minimum atomic E-state index is -1.79. The van der Waals surface area contributed by atoms with Crippen LogP contribution in [-0.4, -0.2) is 34.2 Å². The highest BCUT2D eigenvalue weighted by Gasteiger charge is 2.27. The van der Waals surface area contributed by atoms with Gasteiger partial charge in [0, 0.05) is 17.2 Å². The van der Waals surface area contributed by atoms with Crippen LogP contribution in [0, 0.1) is 23.3 Å². The van der Waals surface area contributed by atoms with Crippen LogP contribution in [0.3, 0.4) is 0 Å². The van der Waals surface area contributed by atoms with E-state index < -0.39 is 75.6 Å². The highest BCUT2D eigenvalue weighted by molar-refractivity contribution is 6.07. The summed E-state index contributed by atoms with van der Waals surface area (Å²) in [5.74, 6) is -12.4. The lowest BCUT2D eigenvalue weighted by atomic mass is 9.94. The number of aromatic carboxylic acids is 2. The molecule has 13 heteroatoms. The fraction of sp³-hybridized carbons (Fsp3) is 0.0952. The maximum absolute atomic E-state index is 13.9. The Bertz CT molecular complexity index is 1360. The Balaban J connectivity index is 2.19. The number of carbonyl (C=O) groups is 2. The van der Waals surface area contributed by atoms with Crippen molar-refractivity contribution in [3.05, 3.63) is 74.6 Å². The molecule has 3 rings (SSSR count). The normalized spacial score (nSPS) is 10.7. The fourth-order valence-corrected chi connectivity index (χ4v) is 3.21. The second kappa shape index (κ2) is 9.13. The molecule has 0 aliphatic rings. The zero-order valence-electron chi connectivity index (χ0n) is 17.0. The van der Waals surface area contributed by atoms with Gasteiger partial charge in [0.25, 0.3) is 5.56 Å². The molecular weight excluding hydrogens is 468 g/mol. The fourth-order valence-electron chi connectivity index (χ4n) is 3.21. The van der Waals surface area contributed by atoms with E-state index in [9.17, 15) is 42.2 Å². The second-order valence-electron chi connectivity index (χ2n) is 6.72. The van der Waals surface area contributed by atoms with Gasteiger partial charge in [0.15, 0.2) is 17.4 Å². The number of hydrogen-bond acceptors (Lipinski definition) is 6. The van der Waals surface area contributed by atoms with E-state index in [1.165, 1.54) is 19.2 Å². The van der Waals surface area contributed by atoms with Crippen LogP contribution in [-0.2, 0) is 6.61 Å². The van der Waals surface area contributed by atoms with Crippen molar-refractivity contribution in [3.63, 3.8) is 0 Å². The topological polar surface area (TPSA) is 152 Å². The summed E-state index contributed by atoms with van der Waals surface area (Å²) in [5, 5.41) is 19.0. The summed E-state index contributed by atoms with van der Waals surface area (Å²) in [7, 11) is 1.21. The molecule has 1 aromatic heterocycles. The van der Waals surface area contributed by atoms with Gasteiger partial charge in [-0.1, -0.05) is 6.07 Å². The van der Waals surface area contributed by atoms with Gasteiger partial charge in [-0.2, -0.15) is 8.78 Å². The number of carboxylic acids is 2. The summed E-state index contributed by atoms with van der Waals surface area (Å²) in [4.78, 5) is 37.6. The monoisotopic (exact) mass is 482 g/mol. The number of methoxy groups -OCH3 is 1. The molecule has 0 saturated carbocycles. The first-order valence-corrected chi connectivity index (χ1v) is 9.13. The molecule has 0 unspecified atom stereocenters. The van der Waals surface area contributed by atoms with Crippen LogP contribution in [0.25, 0.3) is 11.1 Å². The van der Waals surface area contributed by atoms with Crippen LogP contribution in [0.4, 0.5) is 23.4 Å². The molecule has 2 aromatic carbocycles. The quantitative estimate of drug-likeness (QED) is 0.296. The van der Waals surface area contributed by atoms with Gasteiger partial charge in [-0.3, -0.25) is 4.79 Å². The molecule has 0 fully saturated rings. The van der Waals surface area contributed by atoms with Gasteiger partial charge >= 0.3 is 11.9 Å². The highest BCUT2D eigenvalue weighted by atomic mass is 19.2. The number of hydrogen-bond donors (Lipinski definition) is 4. The first kappa shape index (κ1) is 24.1. The average Bonchev–Trinajstić information content (AvgIpc) is 2.76. The Hall–Kier alpha value is -4.55.